The molecular formula is C21H23N3O2. The van der Waals surface area contributed by atoms with Gasteiger partial charge in [0.2, 0.25) is 0 Å². The Morgan fingerprint density at radius 2 is 1.73 bits per heavy atom. The van der Waals surface area contributed by atoms with Crippen LogP contribution in [0.4, 0.5) is 11.4 Å². The maximum atomic E-state index is 12.8. The number of para-hydroxylation sites is 3. The van der Waals surface area contributed by atoms with Gasteiger partial charge in [0.15, 0.2) is 0 Å². The first-order valence-electron chi connectivity index (χ1n) is 8.97. The molecule has 4 rings (SSSR count). The van der Waals surface area contributed by atoms with Crippen molar-refractivity contribution in [3.63, 3.8) is 0 Å². The lowest BCUT2D eigenvalue weighted by Gasteiger charge is -2.35. The average Bonchev–Trinajstić information content (AvgIpc) is 2.69. The Hall–Kier alpha value is -2.79. The molecule has 2 aromatic carbocycles. The maximum Gasteiger partial charge on any atom is 0.255 e. The molecule has 2 heterocycles. The zero-order chi connectivity index (χ0) is 17.9. The number of hydrogen-bond acceptors (Lipinski definition) is 4. The van der Waals surface area contributed by atoms with E-state index in [4.69, 9.17) is 4.74 Å². The van der Waals surface area contributed by atoms with E-state index in [1.54, 1.807) is 0 Å². The zero-order valence-electron chi connectivity index (χ0n) is 14.9. The number of carbonyl (C=O) groups is 1. The summed E-state index contributed by atoms with van der Waals surface area (Å²) in [5.41, 5.74) is 3.50. The van der Waals surface area contributed by atoms with Crippen molar-refractivity contribution in [3.8, 4) is 5.75 Å². The van der Waals surface area contributed by atoms with E-state index >= 15 is 0 Å². The highest BCUT2D eigenvalue weighted by atomic mass is 16.5. The van der Waals surface area contributed by atoms with E-state index in [1.807, 2.05) is 48.5 Å². The molecule has 0 aromatic heterocycles. The molecule has 26 heavy (non-hydrogen) atoms. The van der Waals surface area contributed by atoms with Crippen molar-refractivity contribution in [1.82, 2.24) is 4.90 Å². The van der Waals surface area contributed by atoms with Crippen molar-refractivity contribution in [2.24, 2.45) is 0 Å². The van der Waals surface area contributed by atoms with Gasteiger partial charge in [-0.05, 0) is 31.3 Å². The SMILES string of the molecule is CN1CCN(c2ccccc2NC(=O)C2=Cc3ccccc3OC2)CC1. The van der Waals surface area contributed by atoms with Crippen LogP contribution >= 0.6 is 0 Å². The number of fused-ring (bicyclic) bond motifs is 1. The molecule has 5 nitrogen and oxygen atoms in total. The van der Waals surface area contributed by atoms with E-state index in [1.165, 1.54) is 0 Å². The van der Waals surface area contributed by atoms with Crippen molar-refractivity contribution in [3.05, 3.63) is 59.7 Å². The van der Waals surface area contributed by atoms with Crippen molar-refractivity contribution >= 4 is 23.4 Å². The number of benzene rings is 2. The molecule has 134 valence electrons. The van der Waals surface area contributed by atoms with Gasteiger partial charge in [0, 0.05) is 31.7 Å². The summed E-state index contributed by atoms with van der Waals surface area (Å²) in [6.45, 7) is 4.26. The second kappa shape index (κ2) is 7.22. The summed E-state index contributed by atoms with van der Waals surface area (Å²) in [6.07, 6.45) is 1.91. The number of nitrogens with zero attached hydrogens (tertiary/aromatic N) is 2. The summed E-state index contributed by atoms with van der Waals surface area (Å²) in [5.74, 6) is 0.711. The molecule has 2 aliphatic rings. The maximum absolute atomic E-state index is 12.8. The van der Waals surface area contributed by atoms with Crippen LogP contribution in [0.15, 0.2) is 54.1 Å². The second-order valence-electron chi connectivity index (χ2n) is 6.76. The third-order valence-corrected chi connectivity index (χ3v) is 4.92. The molecule has 5 heteroatoms. The first-order valence-corrected chi connectivity index (χ1v) is 8.97. The second-order valence-corrected chi connectivity index (χ2v) is 6.76. The van der Waals surface area contributed by atoms with E-state index in [9.17, 15) is 4.79 Å². The Morgan fingerprint density at radius 3 is 2.58 bits per heavy atom. The summed E-state index contributed by atoms with van der Waals surface area (Å²) < 4.78 is 5.71. The molecule has 0 saturated carbocycles. The van der Waals surface area contributed by atoms with E-state index in [2.05, 4.69) is 28.2 Å². The van der Waals surface area contributed by atoms with E-state index in [-0.39, 0.29) is 5.91 Å². The number of hydrogen-bond donors (Lipinski definition) is 1. The number of carbonyl (C=O) groups excluding carboxylic acids is 1. The lowest BCUT2D eigenvalue weighted by atomic mass is 10.1. The summed E-state index contributed by atoms with van der Waals surface area (Å²) in [4.78, 5) is 17.4. The quantitative estimate of drug-likeness (QED) is 0.926. The predicted molar refractivity (Wildman–Crippen MR) is 105 cm³/mol. The molecule has 1 saturated heterocycles. The molecule has 0 radical (unpaired) electrons. The first kappa shape index (κ1) is 16.7. The standard InChI is InChI=1S/C21H23N3O2/c1-23-10-12-24(13-11-23)19-8-4-3-7-18(19)22-21(25)17-14-16-6-2-5-9-20(16)26-15-17/h2-9,14H,10-13,15H2,1H3,(H,22,25). The normalized spacial score (nSPS) is 17.1. The van der Waals surface area contributed by atoms with Gasteiger partial charge in [-0.1, -0.05) is 30.3 Å². The van der Waals surface area contributed by atoms with Gasteiger partial charge < -0.3 is 19.9 Å². The minimum absolute atomic E-state index is 0.110. The number of nitrogens with one attached hydrogen (secondary N) is 1. The zero-order valence-corrected chi connectivity index (χ0v) is 14.9. The van der Waals surface area contributed by atoms with Gasteiger partial charge >= 0.3 is 0 Å². The Kier molecular flexibility index (Phi) is 4.63. The molecule has 1 amide bonds. The van der Waals surface area contributed by atoms with Gasteiger partial charge in [0.25, 0.3) is 5.91 Å². The topological polar surface area (TPSA) is 44.8 Å². The molecular weight excluding hydrogens is 326 g/mol. The minimum Gasteiger partial charge on any atom is -0.488 e. The molecule has 0 atom stereocenters. The summed E-state index contributed by atoms with van der Waals surface area (Å²) in [5, 5.41) is 3.08. The van der Waals surface area contributed by atoms with Crippen LogP contribution in [0.1, 0.15) is 5.56 Å². The van der Waals surface area contributed by atoms with Crippen LogP contribution in [0.3, 0.4) is 0 Å². The smallest absolute Gasteiger partial charge is 0.255 e. The van der Waals surface area contributed by atoms with Gasteiger partial charge in [-0.2, -0.15) is 0 Å². The highest BCUT2D eigenvalue weighted by Gasteiger charge is 2.20. The van der Waals surface area contributed by atoms with E-state index < -0.39 is 0 Å². The monoisotopic (exact) mass is 349 g/mol. The molecule has 1 N–H and O–H groups in total. The van der Waals surface area contributed by atoms with Crippen LogP contribution in [0, 0.1) is 0 Å². The first-order chi connectivity index (χ1) is 12.7. The summed E-state index contributed by atoms with van der Waals surface area (Å²) >= 11 is 0. The van der Waals surface area contributed by atoms with Crippen LogP contribution < -0.4 is 15.0 Å². The third-order valence-electron chi connectivity index (χ3n) is 4.92. The Balaban J connectivity index is 1.53. The molecule has 2 aromatic rings. The fraction of sp³-hybridized carbons (Fsp3) is 0.286. The summed E-state index contributed by atoms with van der Waals surface area (Å²) in [6, 6.07) is 15.8. The van der Waals surface area contributed by atoms with Crippen molar-refractivity contribution in [2.75, 3.05) is 50.1 Å². The van der Waals surface area contributed by atoms with Gasteiger partial charge in [-0.3, -0.25) is 4.79 Å². The fourth-order valence-electron chi connectivity index (χ4n) is 3.35. The number of amides is 1. The minimum atomic E-state index is -0.110. The highest BCUT2D eigenvalue weighted by molar-refractivity contribution is 6.08. The van der Waals surface area contributed by atoms with Crippen LogP contribution in [0.25, 0.3) is 6.08 Å². The fourth-order valence-corrected chi connectivity index (χ4v) is 3.35. The number of rotatable bonds is 3. The molecule has 2 aliphatic heterocycles. The lowest BCUT2D eigenvalue weighted by molar-refractivity contribution is -0.113. The Labute approximate surface area is 153 Å². The number of ether oxygens (including phenoxy) is 1. The molecule has 0 unspecified atom stereocenters. The van der Waals surface area contributed by atoms with Crippen molar-refractivity contribution < 1.29 is 9.53 Å². The van der Waals surface area contributed by atoms with Crippen molar-refractivity contribution in [1.29, 1.82) is 0 Å². The lowest BCUT2D eigenvalue weighted by Crippen LogP contribution is -2.44. The van der Waals surface area contributed by atoms with Gasteiger partial charge in [0.1, 0.15) is 12.4 Å². The van der Waals surface area contributed by atoms with Crippen LogP contribution in [-0.2, 0) is 4.79 Å². The van der Waals surface area contributed by atoms with E-state index in [0.29, 0.717) is 12.2 Å². The highest BCUT2D eigenvalue weighted by Crippen LogP contribution is 2.29. The predicted octanol–water partition coefficient (Wildman–Crippen LogP) is 2.85. The third kappa shape index (κ3) is 3.44. The van der Waals surface area contributed by atoms with Gasteiger partial charge in [0.05, 0.1) is 16.9 Å². The van der Waals surface area contributed by atoms with Crippen LogP contribution in [0.5, 0.6) is 5.75 Å². The molecule has 0 bridgehead atoms. The van der Waals surface area contributed by atoms with Crippen molar-refractivity contribution in [2.45, 2.75) is 0 Å². The van der Waals surface area contributed by atoms with Gasteiger partial charge in [-0.25, -0.2) is 0 Å². The van der Waals surface area contributed by atoms with Crippen LogP contribution in [-0.4, -0.2) is 50.6 Å². The Bertz CT molecular complexity index is 839. The largest absolute Gasteiger partial charge is 0.488 e. The molecule has 0 spiro atoms. The average molecular weight is 349 g/mol. The summed E-state index contributed by atoms with van der Waals surface area (Å²) in [7, 11) is 2.14. The van der Waals surface area contributed by atoms with Crippen LogP contribution in [0.2, 0.25) is 0 Å². The van der Waals surface area contributed by atoms with Gasteiger partial charge in [-0.15, -0.1) is 0 Å². The molecule has 1 fully saturated rings. The Morgan fingerprint density at radius 1 is 1.00 bits per heavy atom. The number of piperazine rings is 1. The molecule has 0 aliphatic carbocycles. The number of likely N-dealkylation sites (N-methyl/N-ethyl adjacent to an activating group) is 1. The number of anilines is 2. The van der Waals surface area contributed by atoms with E-state index in [0.717, 1.165) is 48.9 Å².